The molecule has 1 saturated heterocycles. The largest absolute Gasteiger partial charge is 0.496 e. The molecule has 3 rings (SSSR count). The van der Waals surface area contributed by atoms with Gasteiger partial charge in [0.05, 0.1) is 18.8 Å². The van der Waals surface area contributed by atoms with Gasteiger partial charge in [0.1, 0.15) is 5.75 Å². The van der Waals surface area contributed by atoms with E-state index in [0.29, 0.717) is 31.5 Å². The SMILES string of the molecule is C=CCc1cc(C(=O)N2CCC3(CC2)C(O)CC3(C)OC)ccc1OC. The first-order valence-electron chi connectivity index (χ1n) is 9.21. The van der Waals surface area contributed by atoms with Crippen molar-refractivity contribution in [3.05, 3.63) is 42.0 Å². The highest BCUT2D eigenvalue weighted by molar-refractivity contribution is 5.94. The van der Waals surface area contributed by atoms with Gasteiger partial charge in [-0.3, -0.25) is 4.79 Å². The van der Waals surface area contributed by atoms with Crippen molar-refractivity contribution in [2.45, 2.75) is 44.3 Å². The van der Waals surface area contributed by atoms with Crippen LogP contribution < -0.4 is 4.74 Å². The topological polar surface area (TPSA) is 59.0 Å². The van der Waals surface area contributed by atoms with E-state index < -0.39 is 0 Å². The summed E-state index contributed by atoms with van der Waals surface area (Å²) in [5.41, 5.74) is 1.11. The highest BCUT2D eigenvalue weighted by atomic mass is 16.5. The first-order valence-corrected chi connectivity index (χ1v) is 9.21. The zero-order valence-electron chi connectivity index (χ0n) is 16.0. The molecule has 2 fully saturated rings. The summed E-state index contributed by atoms with van der Waals surface area (Å²) in [4.78, 5) is 14.8. The van der Waals surface area contributed by atoms with Gasteiger partial charge >= 0.3 is 0 Å². The molecule has 1 aromatic rings. The summed E-state index contributed by atoms with van der Waals surface area (Å²) in [6, 6.07) is 5.55. The Kier molecular flexibility index (Phi) is 5.13. The number of rotatable bonds is 5. The van der Waals surface area contributed by atoms with E-state index >= 15 is 0 Å². The number of carbonyl (C=O) groups is 1. The Morgan fingerprint density at radius 3 is 2.62 bits per heavy atom. The van der Waals surface area contributed by atoms with Crippen molar-refractivity contribution < 1.29 is 19.4 Å². The molecule has 1 heterocycles. The second-order valence-electron chi connectivity index (χ2n) is 7.62. The van der Waals surface area contributed by atoms with Gasteiger partial charge in [-0.1, -0.05) is 6.08 Å². The van der Waals surface area contributed by atoms with E-state index in [1.165, 1.54) is 0 Å². The number of amides is 1. The number of hydrogen-bond donors (Lipinski definition) is 1. The first-order chi connectivity index (χ1) is 12.4. The van der Waals surface area contributed by atoms with Crippen molar-refractivity contribution in [1.29, 1.82) is 0 Å². The van der Waals surface area contributed by atoms with Gasteiger partial charge in [-0.25, -0.2) is 0 Å². The number of nitrogens with zero attached hydrogens (tertiary/aromatic N) is 1. The fourth-order valence-corrected chi connectivity index (χ4v) is 4.66. The van der Waals surface area contributed by atoms with Crippen LogP contribution in [0.3, 0.4) is 0 Å². The minimum atomic E-state index is -0.343. The van der Waals surface area contributed by atoms with Gasteiger partial charge in [0.25, 0.3) is 5.91 Å². The van der Waals surface area contributed by atoms with Crippen molar-refractivity contribution in [2.75, 3.05) is 27.3 Å². The van der Waals surface area contributed by atoms with Gasteiger partial charge in [0.15, 0.2) is 0 Å². The Labute approximate surface area is 155 Å². The van der Waals surface area contributed by atoms with Crippen LogP contribution in [0.4, 0.5) is 0 Å². The van der Waals surface area contributed by atoms with E-state index in [2.05, 4.69) is 13.5 Å². The summed E-state index contributed by atoms with van der Waals surface area (Å²) in [6.45, 7) is 7.11. The fraction of sp³-hybridized carbons (Fsp3) is 0.571. The smallest absolute Gasteiger partial charge is 0.253 e. The second kappa shape index (κ2) is 7.05. The molecule has 1 aliphatic heterocycles. The van der Waals surface area contributed by atoms with Crippen LogP contribution in [0.25, 0.3) is 0 Å². The molecule has 142 valence electrons. The lowest BCUT2D eigenvalue weighted by molar-refractivity contribution is -0.259. The van der Waals surface area contributed by atoms with E-state index in [1.807, 2.05) is 23.1 Å². The summed E-state index contributed by atoms with van der Waals surface area (Å²) in [6.07, 6.45) is 4.32. The van der Waals surface area contributed by atoms with Crippen LogP contribution in [0.2, 0.25) is 0 Å². The molecule has 1 aromatic carbocycles. The summed E-state index contributed by atoms with van der Waals surface area (Å²) in [7, 11) is 3.34. The van der Waals surface area contributed by atoms with E-state index in [0.717, 1.165) is 24.2 Å². The number of likely N-dealkylation sites (tertiary alicyclic amines) is 1. The summed E-state index contributed by atoms with van der Waals surface area (Å²) >= 11 is 0. The van der Waals surface area contributed by atoms with Crippen LogP contribution >= 0.6 is 0 Å². The second-order valence-corrected chi connectivity index (χ2v) is 7.62. The van der Waals surface area contributed by atoms with Crippen LogP contribution in [-0.4, -0.2) is 54.9 Å². The number of piperidine rings is 1. The average molecular weight is 359 g/mol. The highest BCUT2D eigenvalue weighted by Gasteiger charge is 2.63. The van der Waals surface area contributed by atoms with Gasteiger partial charge in [-0.2, -0.15) is 0 Å². The molecule has 1 spiro atoms. The van der Waals surface area contributed by atoms with Gasteiger partial charge in [-0.05, 0) is 49.9 Å². The molecule has 5 nitrogen and oxygen atoms in total. The normalized spacial score (nSPS) is 27.1. The van der Waals surface area contributed by atoms with Crippen molar-refractivity contribution >= 4 is 5.91 Å². The molecule has 5 heteroatoms. The maximum absolute atomic E-state index is 13.0. The molecule has 1 saturated carbocycles. The Hall–Kier alpha value is -1.85. The lowest BCUT2D eigenvalue weighted by Crippen LogP contribution is -2.69. The molecule has 0 radical (unpaired) electrons. The number of methoxy groups -OCH3 is 2. The third-order valence-corrected chi connectivity index (χ3v) is 6.56. The number of aliphatic hydroxyl groups is 1. The van der Waals surface area contributed by atoms with Crippen molar-refractivity contribution in [1.82, 2.24) is 4.90 Å². The molecular weight excluding hydrogens is 330 g/mol. The van der Waals surface area contributed by atoms with Crippen LogP contribution in [0.1, 0.15) is 42.1 Å². The van der Waals surface area contributed by atoms with Crippen LogP contribution in [0.15, 0.2) is 30.9 Å². The van der Waals surface area contributed by atoms with E-state index in [9.17, 15) is 9.90 Å². The molecule has 2 atom stereocenters. The van der Waals surface area contributed by atoms with Gasteiger partial charge < -0.3 is 19.5 Å². The van der Waals surface area contributed by atoms with Crippen molar-refractivity contribution in [3.8, 4) is 5.75 Å². The molecule has 0 bridgehead atoms. The lowest BCUT2D eigenvalue weighted by Gasteiger charge is -2.62. The van der Waals surface area contributed by atoms with Crippen LogP contribution in [0.5, 0.6) is 5.75 Å². The maximum Gasteiger partial charge on any atom is 0.253 e. The van der Waals surface area contributed by atoms with Crippen molar-refractivity contribution in [3.63, 3.8) is 0 Å². The standard InChI is InChI=1S/C21H29NO4/c1-5-6-15-13-16(7-8-17(15)25-3)19(24)22-11-9-21(10-12-22)18(23)14-20(21,2)26-4/h5,7-8,13,18,23H,1,6,9-12,14H2,2-4H3. The quantitative estimate of drug-likeness (QED) is 0.822. The van der Waals surface area contributed by atoms with Gasteiger partial charge in [-0.15, -0.1) is 6.58 Å². The number of hydrogen-bond acceptors (Lipinski definition) is 4. The Balaban J connectivity index is 1.73. The predicted octanol–water partition coefficient (Wildman–Crippen LogP) is 2.82. The Morgan fingerprint density at radius 1 is 1.38 bits per heavy atom. The monoisotopic (exact) mass is 359 g/mol. The summed E-state index contributed by atoms with van der Waals surface area (Å²) < 4.78 is 11.1. The van der Waals surface area contributed by atoms with Gasteiger partial charge in [0, 0.05) is 37.6 Å². The highest BCUT2D eigenvalue weighted by Crippen LogP contribution is 2.58. The third-order valence-electron chi connectivity index (χ3n) is 6.56. The van der Waals surface area contributed by atoms with Crippen LogP contribution in [-0.2, 0) is 11.2 Å². The molecule has 0 aromatic heterocycles. The summed E-state index contributed by atoms with van der Waals surface area (Å²) in [5.74, 6) is 0.799. The minimum Gasteiger partial charge on any atom is -0.496 e. The molecule has 2 unspecified atom stereocenters. The Bertz CT molecular complexity index is 693. The third kappa shape index (κ3) is 2.83. The zero-order valence-corrected chi connectivity index (χ0v) is 16.0. The van der Waals surface area contributed by atoms with E-state index in [4.69, 9.17) is 9.47 Å². The molecular formula is C21H29NO4. The maximum atomic E-state index is 13.0. The number of allylic oxidation sites excluding steroid dienone is 1. The Morgan fingerprint density at radius 2 is 2.08 bits per heavy atom. The zero-order chi connectivity index (χ0) is 18.9. The lowest BCUT2D eigenvalue weighted by atomic mass is 9.51. The molecule has 1 amide bonds. The first kappa shape index (κ1) is 18.9. The predicted molar refractivity (Wildman–Crippen MR) is 101 cm³/mol. The van der Waals surface area contributed by atoms with Crippen molar-refractivity contribution in [2.24, 2.45) is 5.41 Å². The van der Waals surface area contributed by atoms with E-state index in [-0.39, 0.29) is 23.0 Å². The number of ether oxygens (including phenoxy) is 2. The number of aliphatic hydroxyl groups excluding tert-OH is 1. The van der Waals surface area contributed by atoms with Crippen LogP contribution in [0, 0.1) is 5.41 Å². The van der Waals surface area contributed by atoms with Gasteiger partial charge in [0.2, 0.25) is 0 Å². The fourth-order valence-electron chi connectivity index (χ4n) is 4.66. The number of carbonyl (C=O) groups excluding carboxylic acids is 1. The molecule has 1 N–H and O–H groups in total. The molecule has 2 aliphatic rings. The molecule has 26 heavy (non-hydrogen) atoms. The minimum absolute atomic E-state index is 0.0285. The average Bonchev–Trinajstić information content (AvgIpc) is 2.67. The number of benzene rings is 1. The molecule has 1 aliphatic carbocycles. The van der Waals surface area contributed by atoms with E-state index in [1.54, 1.807) is 20.3 Å². The summed E-state index contributed by atoms with van der Waals surface area (Å²) in [5, 5.41) is 10.4.